The molecule has 2 aliphatic rings. The minimum atomic E-state index is -0.372. The van der Waals surface area contributed by atoms with Crippen LogP contribution in [0.25, 0.3) is 0 Å². The van der Waals surface area contributed by atoms with E-state index >= 15 is 0 Å². The summed E-state index contributed by atoms with van der Waals surface area (Å²) >= 11 is 1.48. The molecule has 0 aliphatic carbocycles. The number of thiazole rings is 1. The number of rotatable bonds is 4. The van der Waals surface area contributed by atoms with Crippen molar-refractivity contribution < 1.29 is 14.3 Å². The van der Waals surface area contributed by atoms with Crippen molar-refractivity contribution in [2.24, 2.45) is 0 Å². The van der Waals surface area contributed by atoms with E-state index in [1.807, 2.05) is 0 Å². The molecule has 1 aromatic heterocycles. The van der Waals surface area contributed by atoms with Gasteiger partial charge in [-0.15, -0.1) is 11.3 Å². The van der Waals surface area contributed by atoms with Crippen molar-refractivity contribution in [1.82, 2.24) is 15.2 Å². The molecule has 2 fully saturated rings. The minimum absolute atomic E-state index is 0.0487. The summed E-state index contributed by atoms with van der Waals surface area (Å²) in [5.41, 5.74) is 0.375. The standard InChI is InChI=1S/C14H19N3O3S/c1-2-20-14(19)9-8-21-13(16-9)11-4-3-7-17(11)10-5-6-15-12(10)18/h8,10-11H,2-7H2,1H3,(H,15,18)/t10-,11+/m0/s1. The Labute approximate surface area is 127 Å². The summed E-state index contributed by atoms with van der Waals surface area (Å²) < 4.78 is 4.98. The Morgan fingerprint density at radius 3 is 3.10 bits per heavy atom. The largest absolute Gasteiger partial charge is 0.461 e. The lowest BCUT2D eigenvalue weighted by Gasteiger charge is -2.27. The number of nitrogens with zero attached hydrogens (tertiary/aromatic N) is 2. The first-order valence-corrected chi connectivity index (χ1v) is 8.24. The van der Waals surface area contributed by atoms with E-state index in [1.165, 1.54) is 11.3 Å². The van der Waals surface area contributed by atoms with Gasteiger partial charge in [-0.25, -0.2) is 9.78 Å². The number of carbonyl (C=O) groups excluding carboxylic acids is 2. The Morgan fingerprint density at radius 1 is 1.52 bits per heavy atom. The molecular weight excluding hydrogens is 290 g/mol. The van der Waals surface area contributed by atoms with Crippen LogP contribution in [0, 0.1) is 0 Å². The monoisotopic (exact) mass is 309 g/mol. The van der Waals surface area contributed by atoms with Crippen LogP contribution in [0.4, 0.5) is 0 Å². The average Bonchev–Trinajstić information content (AvgIpc) is 3.17. The van der Waals surface area contributed by atoms with Gasteiger partial charge < -0.3 is 10.1 Å². The van der Waals surface area contributed by atoms with Crippen molar-refractivity contribution in [2.45, 2.75) is 38.3 Å². The van der Waals surface area contributed by atoms with Gasteiger partial charge in [0.05, 0.1) is 18.7 Å². The van der Waals surface area contributed by atoms with Crippen LogP contribution in [0.5, 0.6) is 0 Å². The Kier molecular flexibility index (Phi) is 4.21. The van der Waals surface area contributed by atoms with E-state index in [0.29, 0.717) is 12.3 Å². The number of aromatic nitrogens is 1. The predicted molar refractivity (Wildman–Crippen MR) is 78.2 cm³/mol. The molecule has 2 aliphatic heterocycles. The van der Waals surface area contributed by atoms with Crippen LogP contribution in [0.1, 0.15) is 47.7 Å². The van der Waals surface area contributed by atoms with Crippen LogP contribution in [-0.2, 0) is 9.53 Å². The van der Waals surface area contributed by atoms with E-state index in [-0.39, 0.29) is 24.0 Å². The number of ether oxygens (including phenoxy) is 1. The second kappa shape index (κ2) is 6.11. The number of amides is 1. The van der Waals surface area contributed by atoms with E-state index in [4.69, 9.17) is 4.74 Å². The third-order valence-electron chi connectivity index (χ3n) is 4.01. The summed E-state index contributed by atoms with van der Waals surface area (Å²) in [5, 5.41) is 5.55. The van der Waals surface area contributed by atoms with Crippen LogP contribution >= 0.6 is 11.3 Å². The lowest BCUT2D eigenvalue weighted by atomic mass is 10.1. The quantitative estimate of drug-likeness (QED) is 0.850. The fourth-order valence-corrected chi connectivity index (χ4v) is 4.01. The zero-order valence-electron chi connectivity index (χ0n) is 12.0. The van der Waals surface area contributed by atoms with Crippen molar-refractivity contribution in [1.29, 1.82) is 0 Å². The molecule has 0 bridgehead atoms. The zero-order valence-corrected chi connectivity index (χ0v) is 12.8. The smallest absolute Gasteiger partial charge is 0.357 e. The average molecular weight is 309 g/mol. The summed E-state index contributed by atoms with van der Waals surface area (Å²) in [6, 6.07) is 0.0967. The van der Waals surface area contributed by atoms with Crippen LogP contribution in [0.3, 0.4) is 0 Å². The molecule has 2 saturated heterocycles. The molecule has 0 saturated carbocycles. The second-order valence-electron chi connectivity index (χ2n) is 5.28. The molecule has 0 spiro atoms. The number of likely N-dealkylation sites (tertiary alicyclic amines) is 1. The topological polar surface area (TPSA) is 71.5 Å². The number of hydrogen-bond donors (Lipinski definition) is 1. The number of nitrogens with one attached hydrogen (secondary N) is 1. The Balaban J connectivity index is 1.76. The maximum Gasteiger partial charge on any atom is 0.357 e. The molecule has 0 radical (unpaired) electrons. The maximum atomic E-state index is 11.9. The zero-order chi connectivity index (χ0) is 14.8. The molecule has 114 valence electrons. The highest BCUT2D eigenvalue weighted by Crippen LogP contribution is 2.36. The SMILES string of the molecule is CCOC(=O)c1csc([C@H]2CCCN2[C@H]2CCNC2=O)n1. The first kappa shape index (κ1) is 14.5. The molecule has 2 atom stereocenters. The maximum absolute atomic E-state index is 11.9. The summed E-state index contributed by atoms with van der Waals surface area (Å²) in [6.45, 7) is 3.79. The van der Waals surface area contributed by atoms with E-state index in [9.17, 15) is 9.59 Å². The molecule has 1 amide bonds. The molecule has 1 N–H and O–H groups in total. The number of hydrogen-bond acceptors (Lipinski definition) is 6. The van der Waals surface area contributed by atoms with E-state index < -0.39 is 0 Å². The fourth-order valence-electron chi connectivity index (χ4n) is 3.06. The molecule has 1 aromatic rings. The van der Waals surface area contributed by atoms with E-state index in [0.717, 1.165) is 37.4 Å². The molecule has 7 heteroatoms. The molecule has 3 heterocycles. The molecule has 21 heavy (non-hydrogen) atoms. The van der Waals surface area contributed by atoms with Crippen molar-refractivity contribution in [3.63, 3.8) is 0 Å². The highest BCUT2D eigenvalue weighted by Gasteiger charge is 2.39. The first-order chi connectivity index (χ1) is 10.2. The van der Waals surface area contributed by atoms with Gasteiger partial charge in [0.25, 0.3) is 0 Å². The van der Waals surface area contributed by atoms with E-state index in [1.54, 1.807) is 12.3 Å². The highest BCUT2D eigenvalue weighted by molar-refractivity contribution is 7.09. The Morgan fingerprint density at radius 2 is 2.38 bits per heavy atom. The van der Waals surface area contributed by atoms with Crippen LogP contribution in [0.15, 0.2) is 5.38 Å². The number of esters is 1. The lowest BCUT2D eigenvalue weighted by Crippen LogP contribution is -2.40. The van der Waals surface area contributed by atoms with Crippen molar-refractivity contribution in [3.8, 4) is 0 Å². The second-order valence-corrected chi connectivity index (χ2v) is 6.17. The molecule has 3 rings (SSSR count). The predicted octanol–water partition coefficient (Wildman–Crippen LogP) is 1.35. The molecular formula is C14H19N3O3S. The van der Waals surface area contributed by atoms with Crippen LogP contribution < -0.4 is 5.32 Å². The molecule has 6 nitrogen and oxygen atoms in total. The van der Waals surface area contributed by atoms with E-state index in [2.05, 4.69) is 15.2 Å². The summed E-state index contributed by atoms with van der Waals surface area (Å²) in [4.78, 5) is 30.3. The van der Waals surface area contributed by atoms with Gasteiger partial charge >= 0.3 is 5.97 Å². The van der Waals surface area contributed by atoms with Gasteiger partial charge in [-0.2, -0.15) is 0 Å². The Bertz CT molecular complexity index is 545. The molecule has 0 aromatic carbocycles. The van der Waals surface area contributed by atoms with Crippen molar-refractivity contribution in [3.05, 3.63) is 16.1 Å². The summed E-state index contributed by atoms with van der Waals surface area (Å²) in [6.07, 6.45) is 2.90. The van der Waals surface area contributed by atoms with Crippen molar-refractivity contribution in [2.75, 3.05) is 19.7 Å². The van der Waals surface area contributed by atoms with Gasteiger partial charge in [-0.1, -0.05) is 0 Å². The van der Waals surface area contributed by atoms with Gasteiger partial charge in [0, 0.05) is 11.9 Å². The van der Waals surface area contributed by atoms with Gasteiger partial charge in [0.2, 0.25) is 5.91 Å². The first-order valence-electron chi connectivity index (χ1n) is 7.36. The lowest BCUT2D eigenvalue weighted by molar-refractivity contribution is -0.124. The van der Waals surface area contributed by atoms with Gasteiger partial charge in [0.15, 0.2) is 5.69 Å². The van der Waals surface area contributed by atoms with Gasteiger partial charge in [-0.05, 0) is 32.7 Å². The minimum Gasteiger partial charge on any atom is -0.461 e. The third-order valence-corrected chi connectivity index (χ3v) is 4.95. The Hall–Kier alpha value is -1.47. The number of carbonyl (C=O) groups is 2. The normalized spacial score (nSPS) is 26.0. The van der Waals surface area contributed by atoms with Crippen LogP contribution in [-0.4, -0.2) is 47.5 Å². The third kappa shape index (κ3) is 2.80. The highest BCUT2D eigenvalue weighted by atomic mass is 32.1. The summed E-state index contributed by atoms with van der Waals surface area (Å²) in [7, 11) is 0. The summed E-state index contributed by atoms with van der Waals surface area (Å²) in [5.74, 6) is -0.257. The van der Waals surface area contributed by atoms with Gasteiger partial charge in [-0.3, -0.25) is 9.69 Å². The van der Waals surface area contributed by atoms with Crippen molar-refractivity contribution >= 4 is 23.2 Å². The van der Waals surface area contributed by atoms with Crippen LogP contribution in [0.2, 0.25) is 0 Å². The molecule has 0 unspecified atom stereocenters. The van der Waals surface area contributed by atoms with Gasteiger partial charge in [0.1, 0.15) is 5.01 Å². The fraction of sp³-hybridized carbons (Fsp3) is 0.643.